The summed E-state index contributed by atoms with van der Waals surface area (Å²) in [7, 11) is 1.59. The van der Waals surface area contributed by atoms with Crippen LogP contribution in [0.5, 0.6) is 5.88 Å². The third kappa shape index (κ3) is 6.74. The molecule has 0 bridgehead atoms. The molecule has 1 amide bonds. The minimum Gasteiger partial charge on any atom is -0.481 e. The highest BCUT2D eigenvalue weighted by Crippen LogP contribution is 2.30. The van der Waals surface area contributed by atoms with E-state index in [9.17, 15) is 18.0 Å². The summed E-state index contributed by atoms with van der Waals surface area (Å²) in [6.45, 7) is 5.31. The van der Waals surface area contributed by atoms with Gasteiger partial charge in [-0.25, -0.2) is 4.98 Å². The number of pyridine rings is 2. The van der Waals surface area contributed by atoms with Gasteiger partial charge in [-0.1, -0.05) is 0 Å². The molecule has 11 heteroatoms. The quantitative estimate of drug-likeness (QED) is 0.637. The van der Waals surface area contributed by atoms with E-state index in [-0.39, 0.29) is 11.9 Å². The molecular formula is C24H31F3N6O2. The highest BCUT2D eigenvalue weighted by Gasteiger charge is 2.31. The molecule has 0 unspecified atom stereocenters. The van der Waals surface area contributed by atoms with Gasteiger partial charge in [0.1, 0.15) is 0 Å². The lowest BCUT2D eigenvalue weighted by Crippen LogP contribution is -2.49. The number of ether oxygens (including phenoxy) is 1. The molecule has 2 aliphatic rings. The van der Waals surface area contributed by atoms with Crippen molar-refractivity contribution < 1.29 is 22.7 Å². The Bertz CT molecular complexity index is 980. The van der Waals surface area contributed by atoms with Gasteiger partial charge in [0.05, 0.1) is 30.2 Å². The first-order valence-electron chi connectivity index (χ1n) is 11.9. The van der Waals surface area contributed by atoms with Gasteiger partial charge in [-0.05, 0) is 25.0 Å². The van der Waals surface area contributed by atoms with Gasteiger partial charge in [0.15, 0.2) is 0 Å². The molecule has 2 aliphatic heterocycles. The van der Waals surface area contributed by atoms with E-state index in [1.54, 1.807) is 7.11 Å². The number of piperidine rings is 1. The van der Waals surface area contributed by atoms with Crippen LogP contribution in [0.2, 0.25) is 0 Å². The van der Waals surface area contributed by atoms with Gasteiger partial charge in [-0.2, -0.15) is 13.2 Å². The van der Waals surface area contributed by atoms with Crippen LogP contribution in [0.1, 0.15) is 24.8 Å². The first kappa shape index (κ1) is 25.0. The summed E-state index contributed by atoms with van der Waals surface area (Å²) < 4.78 is 44.0. The third-order valence-corrected chi connectivity index (χ3v) is 6.52. The molecule has 2 saturated heterocycles. The lowest BCUT2D eigenvalue weighted by molar-refractivity contribution is -0.137. The van der Waals surface area contributed by atoms with Crippen LogP contribution in [0.25, 0.3) is 0 Å². The number of aromatic nitrogens is 2. The highest BCUT2D eigenvalue weighted by atomic mass is 19.4. The summed E-state index contributed by atoms with van der Waals surface area (Å²) in [6, 6.07) is 4.82. The molecule has 2 fully saturated rings. The van der Waals surface area contributed by atoms with Crippen molar-refractivity contribution >= 4 is 17.3 Å². The molecule has 1 atom stereocenters. The van der Waals surface area contributed by atoms with Gasteiger partial charge in [0.2, 0.25) is 11.8 Å². The molecule has 1 N–H and O–H groups in total. The third-order valence-electron chi connectivity index (χ3n) is 6.52. The number of nitrogens with zero attached hydrogens (tertiary/aromatic N) is 5. The zero-order valence-corrected chi connectivity index (χ0v) is 19.8. The normalized spacial score (nSPS) is 19.5. The largest absolute Gasteiger partial charge is 0.481 e. The molecule has 35 heavy (non-hydrogen) atoms. The van der Waals surface area contributed by atoms with Crippen molar-refractivity contribution in [3.63, 3.8) is 0 Å². The second-order valence-electron chi connectivity index (χ2n) is 8.92. The standard InChI is InChI=1S/C24H31F3N6O2/c1-35-22-5-4-21(16-29-22)32-11-9-31(10-12-32)8-6-23(34)33-7-2-3-19(17-33)30-20-13-18(14-28-15-20)24(25,26)27/h4-5,13-16,19,30H,2-3,6-12,17H2,1H3/t19-/m0/s1. The first-order chi connectivity index (χ1) is 16.8. The Hall–Kier alpha value is -3.08. The Morgan fingerprint density at radius 1 is 1.14 bits per heavy atom. The summed E-state index contributed by atoms with van der Waals surface area (Å²) in [5, 5.41) is 3.13. The number of nitrogens with one attached hydrogen (secondary N) is 1. The molecule has 4 heterocycles. The van der Waals surface area contributed by atoms with Crippen LogP contribution >= 0.6 is 0 Å². The van der Waals surface area contributed by atoms with E-state index < -0.39 is 11.7 Å². The van der Waals surface area contributed by atoms with Crippen LogP contribution in [-0.4, -0.2) is 84.6 Å². The number of alkyl halides is 3. The number of amides is 1. The van der Waals surface area contributed by atoms with Crippen LogP contribution < -0.4 is 15.0 Å². The number of carbonyl (C=O) groups is 1. The lowest BCUT2D eigenvalue weighted by Gasteiger charge is -2.37. The molecule has 2 aromatic rings. The summed E-state index contributed by atoms with van der Waals surface area (Å²) in [6.07, 6.45) is 1.62. The molecule has 2 aromatic heterocycles. The van der Waals surface area contributed by atoms with Gasteiger partial charge in [0, 0.05) is 76.7 Å². The number of anilines is 2. The Labute approximate surface area is 203 Å². The van der Waals surface area contributed by atoms with E-state index in [4.69, 9.17) is 4.74 Å². The zero-order valence-electron chi connectivity index (χ0n) is 19.8. The van der Waals surface area contributed by atoms with Gasteiger partial charge >= 0.3 is 6.18 Å². The maximum absolute atomic E-state index is 13.0. The summed E-state index contributed by atoms with van der Waals surface area (Å²) in [4.78, 5) is 27.2. The number of likely N-dealkylation sites (tertiary alicyclic amines) is 1. The Balaban J connectivity index is 1.21. The highest BCUT2D eigenvalue weighted by molar-refractivity contribution is 5.76. The zero-order chi connectivity index (χ0) is 24.8. The number of methoxy groups -OCH3 is 1. The van der Waals surface area contributed by atoms with E-state index in [1.165, 1.54) is 6.20 Å². The van der Waals surface area contributed by atoms with Gasteiger partial charge < -0.3 is 19.9 Å². The molecule has 0 aromatic carbocycles. The predicted octanol–water partition coefficient (Wildman–Crippen LogP) is 3.12. The fourth-order valence-corrected chi connectivity index (χ4v) is 4.55. The molecular weight excluding hydrogens is 461 g/mol. The van der Waals surface area contributed by atoms with Crippen molar-refractivity contribution in [2.75, 3.05) is 63.1 Å². The molecule has 190 valence electrons. The molecule has 0 saturated carbocycles. The number of hydrogen-bond donors (Lipinski definition) is 1. The van der Waals surface area contributed by atoms with Crippen LogP contribution in [0.3, 0.4) is 0 Å². The van der Waals surface area contributed by atoms with Crippen LogP contribution in [-0.2, 0) is 11.0 Å². The second kappa shape index (κ2) is 11.1. The Kier molecular flexibility index (Phi) is 7.94. The topological polar surface area (TPSA) is 73.8 Å². The van der Waals surface area contributed by atoms with Gasteiger partial charge in [0.25, 0.3) is 0 Å². The Morgan fingerprint density at radius 2 is 1.94 bits per heavy atom. The molecule has 0 radical (unpaired) electrons. The first-order valence-corrected chi connectivity index (χ1v) is 11.9. The number of hydrogen-bond acceptors (Lipinski definition) is 7. The molecule has 0 aliphatic carbocycles. The van der Waals surface area contributed by atoms with E-state index in [0.29, 0.717) is 37.6 Å². The molecule has 0 spiro atoms. The number of piperazine rings is 1. The Morgan fingerprint density at radius 3 is 2.63 bits per heavy atom. The fraction of sp³-hybridized carbons (Fsp3) is 0.542. The average molecular weight is 493 g/mol. The van der Waals surface area contributed by atoms with Crippen molar-refractivity contribution in [3.05, 3.63) is 42.4 Å². The van der Waals surface area contributed by atoms with Crippen LogP contribution in [0, 0.1) is 0 Å². The fourth-order valence-electron chi connectivity index (χ4n) is 4.55. The van der Waals surface area contributed by atoms with Crippen molar-refractivity contribution in [2.24, 2.45) is 0 Å². The summed E-state index contributed by atoms with van der Waals surface area (Å²) in [5.41, 5.74) is 0.600. The van der Waals surface area contributed by atoms with Crippen molar-refractivity contribution in [2.45, 2.75) is 31.5 Å². The second-order valence-corrected chi connectivity index (χ2v) is 8.92. The summed E-state index contributed by atoms with van der Waals surface area (Å²) >= 11 is 0. The van der Waals surface area contributed by atoms with Crippen molar-refractivity contribution in [1.82, 2.24) is 19.8 Å². The monoisotopic (exact) mass is 492 g/mol. The number of carbonyl (C=O) groups excluding carboxylic acids is 1. The number of halogens is 3. The van der Waals surface area contributed by atoms with Crippen molar-refractivity contribution in [1.29, 1.82) is 0 Å². The minimum atomic E-state index is -4.43. The SMILES string of the molecule is COc1ccc(N2CCN(CCC(=O)N3CCC[C@H](Nc4cncc(C(F)(F)F)c4)C3)CC2)cn1. The smallest absolute Gasteiger partial charge is 0.417 e. The van der Waals surface area contributed by atoms with Crippen LogP contribution in [0.15, 0.2) is 36.8 Å². The van der Waals surface area contributed by atoms with Gasteiger partial charge in [-0.3, -0.25) is 14.7 Å². The van der Waals surface area contributed by atoms with E-state index in [1.807, 2.05) is 23.2 Å². The molecule has 4 rings (SSSR count). The number of rotatable bonds is 7. The van der Waals surface area contributed by atoms with Crippen molar-refractivity contribution in [3.8, 4) is 5.88 Å². The maximum Gasteiger partial charge on any atom is 0.417 e. The summed E-state index contributed by atoms with van der Waals surface area (Å²) in [5.74, 6) is 0.674. The predicted molar refractivity (Wildman–Crippen MR) is 127 cm³/mol. The minimum absolute atomic E-state index is 0.0838. The lowest BCUT2D eigenvalue weighted by atomic mass is 10.0. The van der Waals surface area contributed by atoms with Gasteiger partial charge in [-0.15, -0.1) is 0 Å². The molecule has 8 nitrogen and oxygen atoms in total. The van der Waals surface area contributed by atoms with Crippen LogP contribution in [0.4, 0.5) is 24.5 Å². The van der Waals surface area contributed by atoms with E-state index >= 15 is 0 Å². The van der Waals surface area contributed by atoms with E-state index in [0.717, 1.165) is 57.0 Å². The van der Waals surface area contributed by atoms with E-state index in [2.05, 4.69) is 25.1 Å². The maximum atomic E-state index is 13.0. The average Bonchev–Trinajstić information content (AvgIpc) is 2.87.